The third-order valence-electron chi connectivity index (χ3n) is 3.45. The second kappa shape index (κ2) is 8.01. The maximum atomic E-state index is 4.45. The van der Waals surface area contributed by atoms with Crippen LogP contribution in [0.2, 0.25) is 0 Å². The fraction of sp³-hybridized carbons (Fsp3) is 0.438. The van der Waals surface area contributed by atoms with Crippen LogP contribution >= 0.6 is 27.7 Å². The van der Waals surface area contributed by atoms with E-state index >= 15 is 0 Å². The van der Waals surface area contributed by atoms with E-state index in [4.69, 9.17) is 0 Å². The molecule has 0 saturated heterocycles. The zero-order valence-electron chi connectivity index (χ0n) is 12.8. The molecular weight excluding hydrogens is 346 g/mol. The minimum absolute atomic E-state index is 0.165. The van der Waals surface area contributed by atoms with Gasteiger partial charge >= 0.3 is 0 Å². The molecule has 1 aromatic heterocycles. The Bertz CT molecular complexity index is 565. The van der Waals surface area contributed by atoms with Crippen LogP contribution in [0.3, 0.4) is 0 Å². The van der Waals surface area contributed by atoms with Crippen LogP contribution in [0, 0.1) is 0 Å². The molecule has 5 heteroatoms. The summed E-state index contributed by atoms with van der Waals surface area (Å²) in [5.74, 6) is 0. The summed E-state index contributed by atoms with van der Waals surface area (Å²) in [6.45, 7) is 6.16. The van der Waals surface area contributed by atoms with Gasteiger partial charge in [0.25, 0.3) is 0 Å². The van der Waals surface area contributed by atoms with Gasteiger partial charge in [0, 0.05) is 11.4 Å². The Morgan fingerprint density at radius 1 is 1.29 bits per heavy atom. The molecule has 1 atom stereocenters. The molecule has 3 nitrogen and oxygen atoms in total. The summed E-state index contributed by atoms with van der Waals surface area (Å²) in [5.41, 5.74) is 2.47. The second-order valence-corrected chi connectivity index (χ2v) is 6.59. The van der Waals surface area contributed by atoms with Gasteiger partial charge in [0.15, 0.2) is 0 Å². The highest BCUT2D eigenvalue weighted by Gasteiger charge is 2.20. The molecule has 1 aromatic carbocycles. The van der Waals surface area contributed by atoms with Crippen LogP contribution in [0.15, 0.2) is 39.8 Å². The molecule has 0 aliphatic rings. The predicted octanol–water partition coefficient (Wildman–Crippen LogP) is 4.48. The van der Waals surface area contributed by atoms with Crippen molar-refractivity contribution in [3.63, 3.8) is 0 Å². The topological polar surface area (TPSA) is 29.9 Å². The number of halogens is 1. The molecule has 0 radical (unpaired) electrons. The molecule has 1 unspecified atom stereocenters. The lowest BCUT2D eigenvalue weighted by molar-refractivity contribution is 0.528. The molecule has 2 aromatic rings. The maximum Gasteiger partial charge on any atom is 0.0759 e. The monoisotopic (exact) mass is 367 g/mol. The Morgan fingerprint density at radius 2 is 2.00 bits per heavy atom. The van der Waals surface area contributed by atoms with Gasteiger partial charge in [-0.2, -0.15) is 5.10 Å². The van der Waals surface area contributed by atoms with Gasteiger partial charge in [-0.15, -0.1) is 11.8 Å². The van der Waals surface area contributed by atoms with Gasteiger partial charge < -0.3 is 5.32 Å². The summed E-state index contributed by atoms with van der Waals surface area (Å²) < 4.78 is 3.12. The number of nitrogens with one attached hydrogen (secondary N) is 1. The van der Waals surface area contributed by atoms with Gasteiger partial charge in [0.1, 0.15) is 0 Å². The van der Waals surface area contributed by atoms with Crippen LogP contribution < -0.4 is 5.32 Å². The highest BCUT2D eigenvalue weighted by atomic mass is 79.9. The van der Waals surface area contributed by atoms with Crippen molar-refractivity contribution in [2.75, 3.05) is 12.8 Å². The molecule has 0 aliphatic heterocycles. The van der Waals surface area contributed by atoms with E-state index in [1.165, 1.54) is 16.2 Å². The summed E-state index contributed by atoms with van der Waals surface area (Å²) in [7, 11) is 0. The fourth-order valence-electron chi connectivity index (χ4n) is 2.37. The minimum atomic E-state index is 0.165. The van der Waals surface area contributed by atoms with Crippen LogP contribution in [-0.2, 0) is 6.54 Å². The first kappa shape index (κ1) is 16.6. The number of benzene rings is 1. The van der Waals surface area contributed by atoms with Crippen molar-refractivity contribution in [1.29, 1.82) is 0 Å². The third kappa shape index (κ3) is 3.90. The maximum absolute atomic E-state index is 4.45. The van der Waals surface area contributed by atoms with Crippen molar-refractivity contribution in [2.45, 2.75) is 37.8 Å². The molecule has 1 heterocycles. The molecule has 21 heavy (non-hydrogen) atoms. The van der Waals surface area contributed by atoms with E-state index in [9.17, 15) is 0 Å². The zero-order chi connectivity index (χ0) is 15.2. The summed E-state index contributed by atoms with van der Waals surface area (Å²) in [4.78, 5) is 1.29. The second-order valence-electron chi connectivity index (χ2n) is 4.85. The molecule has 0 amide bonds. The molecule has 1 N–H and O–H groups in total. The molecule has 0 spiro atoms. The number of rotatable bonds is 7. The molecule has 0 saturated carbocycles. The van der Waals surface area contributed by atoms with Gasteiger partial charge in [-0.3, -0.25) is 4.68 Å². The van der Waals surface area contributed by atoms with E-state index in [1.807, 2.05) is 6.20 Å². The predicted molar refractivity (Wildman–Crippen MR) is 94.0 cm³/mol. The average Bonchev–Trinajstić information content (AvgIpc) is 2.89. The van der Waals surface area contributed by atoms with Crippen molar-refractivity contribution in [3.8, 4) is 0 Å². The molecule has 114 valence electrons. The Labute approximate surface area is 139 Å². The van der Waals surface area contributed by atoms with E-state index < -0.39 is 0 Å². The van der Waals surface area contributed by atoms with Crippen LogP contribution in [0.5, 0.6) is 0 Å². The zero-order valence-corrected chi connectivity index (χ0v) is 15.2. The van der Waals surface area contributed by atoms with E-state index in [0.29, 0.717) is 0 Å². The summed E-state index contributed by atoms with van der Waals surface area (Å²) in [5, 5.41) is 8.09. The first-order valence-electron chi connectivity index (χ1n) is 7.29. The highest BCUT2D eigenvalue weighted by Crippen LogP contribution is 2.29. The lowest BCUT2D eigenvalue weighted by Gasteiger charge is -2.21. The number of hydrogen-bond acceptors (Lipinski definition) is 3. The van der Waals surface area contributed by atoms with Gasteiger partial charge in [0.05, 0.1) is 22.4 Å². The lowest BCUT2D eigenvalue weighted by Crippen LogP contribution is -2.26. The highest BCUT2D eigenvalue weighted by molar-refractivity contribution is 9.10. The molecule has 0 fully saturated rings. The Balaban J connectivity index is 2.39. The molecule has 0 aliphatic carbocycles. The standard InChI is InChI=1S/C16H22BrN3S/c1-4-10-18-15(12-6-8-13(21-3)9-7-12)16-14(17)11-19-20(16)5-2/h6-9,11,15,18H,4-5,10H2,1-3H3. The smallest absolute Gasteiger partial charge is 0.0759 e. The van der Waals surface area contributed by atoms with E-state index in [0.717, 1.165) is 24.0 Å². The Kier molecular flexibility index (Phi) is 6.33. The number of thioether (sulfide) groups is 1. The summed E-state index contributed by atoms with van der Waals surface area (Å²) >= 11 is 5.42. The fourth-order valence-corrected chi connectivity index (χ4v) is 3.30. The summed E-state index contributed by atoms with van der Waals surface area (Å²) in [6.07, 6.45) is 5.09. The largest absolute Gasteiger partial charge is 0.305 e. The Morgan fingerprint density at radius 3 is 2.57 bits per heavy atom. The molecule has 2 rings (SSSR count). The lowest BCUT2D eigenvalue weighted by atomic mass is 10.0. The van der Waals surface area contributed by atoms with Crippen molar-refractivity contribution < 1.29 is 0 Å². The molecular formula is C16H22BrN3S. The van der Waals surface area contributed by atoms with Gasteiger partial charge in [-0.05, 0) is 59.8 Å². The van der Waals surface area contributed by atoms with Crippen LogP contribution in [0.25, 0.3) is 0 Å². The van der Waals surface area contributed by atoms with Gasteiger partial charge in [0.2, 0.25) is 0 Å². The van der Waals surface area contributed by atoms with Crippen molar-refractivity contribution >= 4 is 27.7 Å². The SMILES string of the molecule is CCCNC(c1ccc(SC)cc1)c1c(Br)cnn1CC. The van der Waals surface area contributed by atoms with Crippen molar-refractivity contribution in [2.24, 2.45) is 0 Å². The first-order valence-corrected chi connectivity index (χ1v) is 9.31. The third-order valence-corrected chi connectivity index (χ3v) is 4.81. The van der Waals surface area contributed by atoms with Crippen LogP contribution in [0.1, 0.15) is 37.6 Å². The van der Waals surface area contributed by atoms with Gasteiger partial charge in [-0.25, -0.2) is 0 Å². The Hall–Kier alpha value is -0.780. The summed E-state index contributed by atoms with van der Waals surface area (Å²) in [6, 6.07) is 8.94. The average molecular weight is 368 g/mol. The molecule has 0 bridgehead atoms. The number of nitrogens with zero attached hydrogens (tertiary/aromatic N) is 2. The number of aromatic nitrogens is 2. The number of hydrogen-bond donors (Lipinski definition) is 1. The van der Waals surface area contributed by atoms with Crippen molar-refractivity contribution in [1.82, 2.24) is 15.1 Å². The minimum Gasteiger partial charge on any atom is -0.305 e. The van der Waals surface area contributed by atoms with Crippen LogP contribution in [-0.4, -0.2) is 22.6 Å². The van der Waals surface area contributed by atoms with E-state index in [1.54, 1.807) is 11.8 Å². The van der Waals surface area contributed by atoms with Crippen molar-refractivity contribution in [3.05, 3.63) is 46.2 Å². The van der Waals surface area contributed by atoms with Crippen LogP contribution in [0.4, 0.5) is 0 Å². The van der Waals surface area contributed by atoms with Gasteiger partial charge in [-0.1, -0.05) is 19.1 Å². The normalized spacial score (nSPS) is 12.6. The van der Waals surface area contributed by atoms with E-state index in [2.05, 4.69) is 75.4 Å². The van der Waals surface area contributed by atoms with E-state index in [-0.39, 0.29) is 6.04 Å². The number of aryl methyl sites for hydroxylation is 1. The quantitative estimate of drug-likeness (QED) is 0.731. The first-order chi connectivity index (χ1) is 10.2.